The largest absolute Gasteiger partial charge is 0.386 e. The Labute approximate surface area is 140 Å². The second-order valence-electron chi connectivity index (χ2n) is 4.20. The van der Waals surface area contributed by atoms with Gasteiger partial charge in [0.2, 0.25) is 0 Å². The second kappa shape index (κ2) is 7.91. The minimum absolute atomic E-state index is 0.116. The summed E-state index contributed by atoms with van der Waals surface area (Å²) >= 11 is 9.17. The van der Waals surface area contributed by atoms with Gasteiger partial charge in [0, 0.05) is 10.0 Å². The lowest BCUT2D eigenvalue weighted by Crippen LogP contribution is -2.17. The second-order valence-corrected chi connectivity index (χ2v) is 5.46. The first kappa shape index (κ1) is 16.5. The third-order valence-corrected chi connectivity index (χ3v) is 3.61. The first-order chi connectivity index (χ1) is 10.6. The van der Waals surface area contributed by atoms with Gasteiger partial charge in [0.25, 0.3) is 5.91 Å². The molecule has 2 aromatic carbocycles. The highest BCUT2D eigenvalue weighted by molar-refractivity contribution is 9.10. The number of carbonyl (C=O) groups excluding carboxylic acids is 1. The molecule has 1 amide bonds. The number of nitrogens with zero attached hydrogens (tertiary/aromatic N) is 1. The van der Waals surface area contributed by atoms with Crippen molar-refractivity contribution in [1.82, 2.24) is 0 Å². The van der Waals surface area contributed by atoms with E-state index < -0.39 is 11.7 Å². The van der Waals surface area contributed by atoms with Crippen molar-refractivity contribution in [3.05, 3.63) is 63.3 Å². The predicted octanol–water partition coefficient (Wildman–Crippen LogP) is 4.23. The number of rotatable bonds is 5. The Balaban J connectivity index is 1.84. The summed E-state index contributed by atoms with van der Waals surface area (Å²) in [4.78, 5) is 16.6. The van der Waals surface area contributed by atoms with E-state index in [1.165, 1.54) is 18.3 Å². The van der Waals surface area contributed by atoms with Crippen molar-refractivity contribution in [2.75, 3.05) is 11.9 Å². The molecule has 0 unspecified atom stereocenters. The molecule has 4 nitrogen and oxygen atoms in total. The molecule has 0 radical (unpaired) electrons. The number of carbonyl (C=O) groups is 1. The van der Waals surface area contributed by atoms with Crippen LogP contribution in [0.3, 0.4) is 0 Å². The SMILES string of the molecule is O=C(CO/N=C\c1ccccc1Br)Nc1ccc(F)cc1Cl. The van der Waals surface area contributed by atoms with Crippen LogP contribution < -0.4 is 5.32 Å². The Morgan fingerprint density at radius 3 is 2.86 bits per heavy atom. The maximum atomic E-state index is 12.9. The number of benzene rings is 2. The topological polar surface area (TPSA) is 50.7 Å². The zero-order valence-electron chi connectivity index (χ0n) is 11.2. The van der Waals surface area contributed by atoms with E-state index >= 15 is 0 Å². The van der Waals surface area contributed by atoms with Crippen LogP contribution in [0.1, 0.15) is 5.56 Å². The summed E-state index contributed by atoms with van der Waals surface area (Å²) in [6.07, 6.45) is 1.49. The molecule has 0 aliphatic heterocycles. The van der Waals surface area contributed by atoms with Crippen molar-refractivity contribution in [2.24, 2.45) is 5.16 Å². The van der Waals surface area contributed by atoms with Gasteiger partial charge in [-0.3, -0.25) is 4.79 Å². The summed E-state index contributed by atoms with van der Waals surface area (Å²) in [5.41, 5.74) is 1.14. The Bertz CT molecular complexity index is 710. The van der Waals surface area contributed by atoms with E-state index in [9.17, 15) is 9.18 Å². The Kier molecular flexibility index (Phi) is 5.91. The van der Waals surface area contributed by atoms with Crippen LogP contribution in [0.25, 0.3) is 0 Å². The average Bonchev–Trinajstić information content (AvgIpc) is 2.48. The Morgan fingerprint density at radius 2 is 2.14 bits per heavy atom. The highest BCUT2D eigenvalue weighted by Gasteiger charge is 2.07. The molecule has 0 heterocycles. The summed E-state index contributed by atoms with van der Waals surface area (Å²) in [5, 5.41) is 6.33. The summed E-state index contributed by atoms with van der Waals surface area (Å²) in [7, 11) is 0. The number of oxime groups is 1. The Hall–Kier alpha value is -1.92. The van der Waals surface area contributed by atoms with Gasteiger partial charge >= 0.3 is 0 Å². The van der Waals surface area contributed by atoms with Gasteiger partial charge in [0.15, 0.2) is 6.61 Å². The molecular weight excluding hydrogens is 375 g/mol. The number of anilines is 1. The smallest absolute Gasteiger partial charge is 0.265 e. The molecule has 0 fully saturated rings. The molecule has 114 valence electrons. The van der Waals surface area contributed by atoms with Crippen LogP contribution in [0.5, 0.6) is 0 Å². The van der Waals surface area contributed by atoms with Gasteiger partial charge < -0.3 is 10.2 Å². The van der Waals surface area contributed by atoms with Crippen LogP contribution in [0.15, 0.2) is 52.1 Å². The third-order valence-electron chi connectivity index (χ3n) is 2.57. The lowest BCUT2D eigenvalue weighted by molar-refractivity contribution is -0.120. The van der Waals surface area contributed by atoms with E-state index in [0.717, 1.165) is 16.1 Å². The van der Waals surface area contributed by atoms with E-state index in [-0.39, 0.29) is 11.6 Å². The monoisotopic (exact) mass is 384 g/mol. The number of halogens is 3. The molecule has 0 aromatic heterocycles. The van der Waals surface area contributed by atoms with Crippen LogP contribution in [-0.4, -0.2) is 18.7 Å². The van der Waals surface area contributed by atoms with Gasteiger partial charge in [-0.05, 0) is 24.3 Å². The third kappa shape index (κ3) is 4.82. The highest BCUT2D eigenvalue weighted by atomic mass is 79.9. The molecule has 0 bridgehead atoms. The molecule has 0 saturated heterocycles. The zero-order valence-corrected chi connectivity index (χ0v) is 13.6. The molecule has 0 atom stereocenters. The van der Waals surface area contributed by atoms with Crippen molar-refractivity contribution < 1.29 is 14.0 Å². The molecule has 2 rings (SSSR count). The van der Waals surface area contributed by atoms with E-state index in [2.05, 4.69) is 26.4 Å². The quantitative estimate of drug-likeness (QED) is 0.618. The Morgan fingerprint density at radius 1 is 1.36 bits per heavy atom. The molecule has 0 spiro atoms. The van der Waals surface area contributed by atoms with E-state index in [0.29, 0.717) is 5.69 Å². The van der Waals surface area contributed by atoms with Crippen LogP contribution in [-0.2, 0) is 9.63 Å². The fraction of sp³-hybridized carbons (Fsp3) is 0.0667. The number of hydrogen-bond donors (Lipinski definition) is 1. The van der Waals surface area contributed by atoms with E-state index in [1.54, 1.807) is 0 Å². The minimum atomic E-state index is -0.475. The fourth-order valence-electron chi connectivity index (χ4n) is 1.55. The molecule has 1 N–H and O–H groups in total. The van der Waals surface area contributed by atoms with Crippen LogP contribution >= 0.6 is 27.5 Å². The van der Waals surface area contributed by atoms with E-state index in [1.807, 2.05) is 24.3 Å². The summed E-state index contributed by atoms with van der Waals surface area (Å²) in [6, 6.07) is 11.1. The normalized spacial score (nSPS) is 10.7. The lowest BCUT2D eigenvalue weighted by atomic mass is 10.2. The zero-order chi connectivity index (χ0) is 15.9. The fourth-order valence-corrected chi connectivity index (χ4v) is 2.15. The van der Waals surface area contributed by atoms with Crippen LogP contribution in [0.2, 0.25) is 5.02 Å². The van der Waals surface area contributed by atoms with Gasteiger partial charge in [-0.1, -0.05) is 50.9 Å². The summed E-state index contributed by atoms with van der Waals surface area (Å²) < 4.78 is 13.7. The summed E-state index contributed by atoms with van der Waals surface area (Å²) in [6.45, 7) is -0.283. The molecule has 22 heavy (non-hydrogen) atoms. The minimum Gasteiger partial charge on any atom is -0.386 e. The molecule has 0 saturated carbocycles. The van der Waals surface area contributed by atoms with Gasteiger partial charge in [-0.15, -0.1) is 0 Å². The highest BCUT2D eigenvalue weighted by Crippen LogP contribution is 2.22. The lowest BCUT2D eigenvalue weighted by Gasteiger charge is -2.06. The van der Waals surface area contributed by atoms with Crippen molar-refractivity contribution in [3.63, 3.8) is 0 Å². The maximum absolute atomic E-state index is 12.9. The first-order valence-electron chi connectivity index (χ1n) is 6.21. The number of hydrogen-bond acceptors (Lipinski definition) is 3. The number of nitrogens with one attached hydrogen (secondary N) is 1. The predicted molar refractivity (Wildman–Crippen MR) is 87.7 cm³/mol. The molecule has 2 aromatic rings. The van der Waals surface area contributed by atoms with Crippen molar-refractivity contribution in [1.29, 1.82) is 0 Å². The average molecular weight is 386 g/mol. The molecular formula is C15H11BrClFN2O2. The van der Waals surface area contributed by atoms with Crippen molar-refractivity contribution in [2.45, 2.75) is 0 Å². The number of amides is 1. The van der Waals surface area contributed by atoms with Crippen molar-refractivity contribution in [3.8, 4) is 0 Å². The summed E-state index contributed by atoms with van der Waals surface area (Å²) in [5.74, 6) is -0.921. The molecule has 0 aliphatic rings. The van der Waals surface area contributed by atoms with Gasteiger partial charge in [0.1, 0.15) is 5.82 Å². The molecule has 7 heteroatoms. The standard InChI is InChI=1S/C15H11BrClFN2O2/c16-12-4-2-1-3-10(12)8-19-22-9-15(21)20-14-6-5-11(18)7-13(14)17/h1-8H,9H2,(H,20,21)/b19-8-. The van der Waals surface area contributed by atoms with E-state index in [4.69, 9.17) is 16.4 Å². The van der Waals surface area contributed by atoms with Gasteiger partial charge in [0.05, 0.1) is 16.9 Å². The first-order valence-corrected chi connectivity index (χ1v) is 7.38. The van der Waals surface area contributed by atoms with Crippen molar-refractivity contribution >= 4 is 45.3 Å². The van der Waals surface area contributed by atoms with Crippen LogP contribution in [0, 0.1) is 5.82 Å². The maximum Gasteiger partial charge on any atom is 0.265 e. The van der Waals surface area contributed by atoms with Gasteiger partial charge in [-0.2, -0.15) is 0 Å². The van der Waals surface area contributed by atoms with Crippen LogP contribution in [0.4, 0.5) is 10.1 Å². The van der Waals surface area contributed by atoms with Gasteiger partial charge in [-0.25, -0.2) is 4.39 Å². The molecule has 0 aliphatic carbocycles.